The quantitative estimate of drug-likeness (QED) is 0.157. The minimum Gasteiger partial charge on any atom is -0.456 e. The summed E-state index contributed by atoms with van der Waals surface area (Å²) < 4.78 is 15.2. The first kappa shape index (κ1) is 35.4. The summed E-state index contributed by atoms with van der Waals surface area (Å²) in [5.74, 6) is 0. The van der Waals surface area contributed by atoms with E-state index in [1.807, 2.05) is 12.1 Å². The second kappa shape index (κ2) is 14.1. The van der Waals surface area contributed by atoms with Crippen molar-refractivity contribution >= 4 is 88.1 Å². The Hall–Kier alpha value is -8.40. The molecular weight excluding hydrogens is 767 g/mol. The lowest BCUT2D eigenvalue weighted by Gasteiger charge is -2.17. The fraction of sp³-hybridized carbons (Fsp3) is 0. The van der Waals surface area contributed by atoms with E-state index in [0.29, 0.717) is 0 Å². The van der Waals surface area contributed by atoms with Gasteiger partial charge in [0.25, 0.3) is 0 Å². The third-order valence-electron chi connectivity index (χ3n) is 12.8. The van der Waals surface area contributed by atoms with Crippen LogP contribution in [0.5, 0.6) is 0 Å². The van der Waals surface area contributed by atoms with Gasteiger partial charge in [-0.25, -0.2) is 0 Å². The van der Waals surface area contributed by atoms with Crippen LogP contribution in [0.4, 0.5) is 0 Å². The van der Waals surface area contributed by atoms with Crippen molar-refractivity contribution in [2.75, 3.05) is 0 Å². The molecule has 3 nitrogen and oxygen atoms in total. The molecule has 0 aliphatic rings. The molecule has 294 valence electrons. The van der Waals surface area contributed by atoms with Crippen LogP contribution in [0.1, 0.15) is 16.7 Å². The Morgan fingerprint density at radius 2 is 0.937 bits per heavy atom. The van der Waals surface area contributed by atoms with Crippen LogP contribution >= 0.6 is 0 Å². The molecule has 0 bridgehead atoms. The van der Waals surface area contributed by atoms with Gasteiger partial charge < -0.3 is 13.4 Å². The first-order valence-corrected chi connectivity index (χ1v) is 21.5. The average molecular weight is 804 g/mol. The highest BCUT2D eigenvalue weighted by molar-refractivity contribution is 6.16. The molecule has 0 amide bonds. The van der Waals surface area contributed by atoms with Gasteiger partial charge in [-0.3, -0.25) is 0 Å². The third kappa shape index (κ3) is 5.60. The van der Waals surface area contributed by atoms with Crippen LogP contribution in [0.25, 0.3) is 116 Å². The van der Waals surface area contributed by atoms with E-state index in [2.05, 4.69) is 217 Å². The Balaban J connectivity index is 1.00. The normalized spacial score (nSPS) is 12.2. The summed E-state index contributed by atoms with van der Waals surface area (Å²) in [6.45, 7) is 0. The van der Waals surface area contributed by atoms with Crippen molar-refractivity contribution < 1.29 is 8.83 Å². The molecule has 0 saturated carbocycles. The van der Waals surface area contributed by atoms with Crippen LogP contribution < -0.4 is 0 Å². The summed E-state index contributed by atoms with van der Waals surface area (Å²) >= 11 is 0. The fourth-order valence-electron chi connectivity index (χ4n) is 10.0. The van der Waals surface area contributed by atoms with Crippen molar-refractivity contribution in [3.63, 3.8) is 0 Å². The number of aromatic nitrogens is 1. The van der Waals surface area contributed by atoms with E-state index in [1.54, 1.807) is 0 Å². The van der Waals surface area contributed by atoms with Gasteiger partial charge in [0.1, 0.15) is 22.3 Å². The zero-order valence-electron chi connectivity index (χ0n) is 34.1. The maximum atomic E-state index is 6.38. The molecule has 3 aromatic heterocycles. The van der Waals surface area contributed by atoms with Crippen molar-refractivity contribution in [3.8, 4) is 27.9 Å². The Bertz CT molecular complexity index is 3980. The lowest BCUT2D eigenvalue weighted by atomic mass is 9.86. The summed E-state index contributed by atoms with van der Waals surface area (Å²) in [4.78, 5) is 0. The lowest BCUT2D eigenvalue weighted by Crippen LogP contribution is -1.95. The number of fused-ring (bicyclic) bond motifs is 10. The first-order chi connectivity index (χ1) is 31.2. The predicted molar refractivity (Wildman–Crippen MR) is 264 cm³/mol. The van der Waals surface area contributed by atoms with E-state index in [-0.39, 0.29) is 0 Å². The van der Waals surface area contributed by atoms with Gasteiger partial charge in [-0.15, -0.1) is 0 Å². The molecule has 13 aromatic rings. The minimum absolute atomic E-state index is 0.883. The summed E-state index contributed by atoms with van der Waals surface area (Å²) in [6, 6.07) is 78.3. The van der Waals surface area contributed by atoms with Crippen LogP contribution in [-0.4, -0.2) is 4.57 Å². The topological polar surface area (TPSA) is 31.2 Å². The Kier molecular flexibility index (Phi) is 7.91. The Morgan fingerprint density at radius 3 is 1.79 bits per heavy atom. The second-order valence-corrected chi connectivity index (χ2v) is 16.4. The SMILES string of the molecule is C(=C(c1ccccc1-c1cccc(-c2ccc3c4ccccc4n(-c4cccc5oc6ccccc6c45)c3c2)c1)c1cccc2ccccc12)c1cccc2oc3ccccc3c12. The Morgan fingerprint density at radius 1 is 0.365 bits per heavy atom. The number of hydrogen-bond donors (Lipinski definition) is 0. The average Bonchev–Trinajstić information content (AvgIpc) is 4.03. The molecule has 63 heavy (non-hydrogen) atoms. The van der Waals surface area contributed by atoms with E-state index < -0.39 is 0 Å². The van der Waals surface area contributed by atoms with Gasteiger partial charge in [-0.1, -0.05) is 170 Å². The largest absolute Gasteiger partial charge is 0.456 e. The van der Waals surface area contributed by atoms with Gasteiger partial charge in [-0.05, 0) is 110 Å². The highest BCUT2D eigenvalue weighted by atomic mass is 16.3. The maximum absolute atomic E-state index is 6.38. The monoisotopic (exact) mass is 803 g/mol. The number of nitrogens with zero attached hydrogens (tertiary/aromatic N) is 1. The molecule has 0 aliphatic carbocycles. The van der Waals surface area contributed by atoms with Crippen LogP contribution in [0.2, 0.25) is 0 Å². The highest BCUT2D eigenvalue weighted by Crippen LogP contribution is 2.43. The second-order valence-electron chi connectivity index (χ2n) is 16.4. The standard InChI is InChI=1S/C60H37NO2/c1-2-20-43-38(15-1)16-12-26-46(43)51(36-42-19-13-31-57-59(42)49-24-6-9-29-55(49)62-57)45-22-4-3-21-44(45)41-18-11-17-39(35-41)40-33-34-48-47-23-5-8-27-52(47)61(54(48)37-40)53-28-14-32-58-60(53)50-25-7-10-30-56(50)63-58/h1-37H. The number of hydrogen-bond acceptors (Lipinski definition) is 2. The van der Waals surface area contributed by atoms with E-state index in [9.17, 15) is 0 Å². The van der Waals surface area contributed by atoms with Gasteiger partial charge in [-0.2, -0.15) is 0 Å². The molecule has 10 aromatic carbocycles. The van der Waals surface area contributed by atoms with Crippen molar-refractivity contribution in [2.24, 2.45) is 0 Å². The zero-order valence-corrected chi connectivity index (χ0v) is 34.1. The van der Waals surface area contributed by atoms with Gasteiger partial charge in [0, 0.05) is 26.9 Å². The molecule has 3 heteroatoms. The van der Waals surface area contributed by atoms with E-state index in [4.69, 9.17) is 8.83 Å². The molecule has 0 aliphatic heterocycles. The molecule has 0 saturated heterocycles. The summed E-state index contributed by atoms with van der Waals surface area (Å²) in [7, 11) is 0. The van der Waals surface area contributed by atoms with Crippen LogP contribution in [-0.2, 0) is 0 Å². The zero-order chi connectivity index (χ0) is 41.4. The van der Waals surface area contributed by atoms with Crippen LogP contribution in [0.3, 0.4) is 0 Å². The van der Waals surface area contributed by atoms with Crippen LogP contribution in [0, 0.1) is 0 Å². The number of furan rings is 2. The van der Waals surface area contributed by atoms with Gasteiger partial charge in [0.15, 0.2) is 0 Å². The fourth-order valence-corrected chi connectivity index (χ4v) is 10.0. The molecule has 13 rings (SSSR count). The molecule has 0 radical (unpaired) electrons. The predicted octanol–water partition coefficient (Wildman–Crippen LogP) is 16.7. The van der Waals surface area contributed by atoms with Gasteiger partial charge in [0.05, 0.1) is 22.1 Å². The maximum Gasteiger partial charge on any atom is 0.137 e. The van der Waals surface area contributed by atoms with E-state index >= 15 is 0 Å². The summed E-state index contributed by atoms with van der Waals surface area (Å²) in [5, 5.41) is 9.32. The van der Waals surface area contributed by atoms with Gasteiger partial charge in [0.2, 0.25) is 0 Å². The summed E-state index contributed by atoms with van der Waals surface area (Å²) in [6.07, 6.45) is 2.37. The van der Waals surface area contributed by atoms with Crippen molar-refractivity contribution in [3.05, 3.63) is 235 Å². The van der Waals surface area contributed by atoms with Crippen LogP contribution in [0.15, 0.2) is 227 Å². The molecule has 0 spiro atoms. The molecule has 0 unspecified atom stereocenters. The molecule has 0 N–H and O–H groups in total. The highest BCUT2D eigenvalue weighted by Gasteiger charge is 2.20. The molecule has 3 heterocycles. The number of para-hydroxylation sites is 3. The van der Waals surface area contributed by atoms with E-state index in [0.717, 1.165) is 99.6 Å². The smallest absolute Gasteiger partial charge is 0.137 e. The van der Waals surface area contributed by atoms with E-state index in [1.165, 1.54) is 27.1 Å². The molecule has 0 fully saturated rings. The van der Waals surface area contributed by atoms with Crippen molar-refractivity contribution in [2.45, 2.75) is 0 Å². The van der Waals surface area contributed by atoms with Crippen molar-refractivity contribution in [1.29, 1.82) is 0 Å². The summed E-state index contributed by atoms with van der Waals surface area (Å²) in [5.41, 5.74) is 16.2. The Labute approximate surface area is 363 Å². The number of benzene rings is 10. The lowest BCUT2D eigenvalue weighted by molar-refractivity contribution is 0.668. The van der Waals surface area contributed by atoms with Crippen molar-refractivity contribution in [1.82, 2.24) is 4.57 Å². The van der Waals surface area contributed by atoms with Gasteiger partial charge >= 0.3 is 0 Å². The number of rotatable bonds is 6. The minimum atomic E-state index is 0.883. The molecular formula is C60H37NO2. The first-order valence-electron chi connectivity index (χ1n) is 21.5. The molecule has 0 atom stereocenters. The third-order valence-corrected chi connectivity index (χ3v) is 12.8.